The third kappa shape index (κ3) is 5.62. The minimum Gasteiger partial charge on any atom is -0.493 e. The van der Waals surface area contributed by atoms with Gasteiger partial charge >= 0.3 is 0 Å². The number of rotatable bonds is 10. The van der Waals surface area contributed by atoms with Crippen LogP contribution in [0.4, 0.5) is 0 Å². The summed E-state index contributed by atoms with van der Waals surface area (Å²) in [6.07, 6.45) is 3.53. The van der Waals surface area contributed by atoms with E-state index < -0.39 is 0 Å². The third-order valence-electron chi connectivity index (χ3n) is 4.46. The van der Waals surface area contributed by atoms with Crippen molar-refractivity contribution in [1.82, 2.24) is 10.3 Å². The van der Waals surface area contributed by atoms with Crippen molar-refractivity contribution in [2.24, 2.45) is 0 Å². The van der Waals surface area contributed by atoms with Crippen LogP contribution in [0, 0.1) is 0 Å². The normalized spacial score (nSPS) is 10.4. The van der Waals surface area contributed by atoms with E-state index in [1.807, 2.05) is 36.4 Å². The molecule has 0 amide bonds. The third-order valence-corrected chi connectivity index (χ3v) is 4.46. The first-order valence-corrected chi connectivity index (χ1v) is 9.33. The van der Waals surface area contributed by atoms with Crippen molar-refractivity contribution in [3.05, 3.63) is 77.6 Å². The van der Waals surface area contributed by atoms with Gasteiger partial charge in [0.1, 0.15) is 12.4 Å². The molecule has 0 aliphatic heterocycles. The van der Waals surface area contributed by atoms with E-state index in [0.717, 1.165) is 23.4 Å². The van der Waals surface area contributed by atoms with E-state index in [1.54, 1.807) is 33.7 Å². The molecule has 6 nitrogen and oxygen atoms in total. The first kappa shape index (κ1) is 20.5. The van der Waals surface area contributed by atoms with Crippen LogP contribution in [-0.2, 0) is 19.7 Å². The van der Waals surface area contributed by atoms with E-state index in [4.69, 9.17) is 18.9 Å². The zero-order valence-corrected chi connectivity index (χ0v) is 17.0. The number of ether oxygens (including phenoxy) is 4. The second-order valence-corrected chi connectivity index (χ2v) is 6.43. The van der Waals surface area contributed by atoms with Crippen molar-refractivity contribution < 1.29 is 18.9 Å². The van der Waals surface area contributed by atoms with E-state index in [2.05, 4.69) is 22.4 Å². The summed E-state index contributed by atoms with van der Waals surface area (Å²) in [5.74, 6) is 2.75. The van der Waals surface area contributed by atoms with Crippen LogP contribution in [0.5, 0.6) is 23.0 Å². The van der Waals surface area contributed by atoms with Crippen LogP contribution in [0.25, 0.3) is 0 Å². The maximum Gasteiger partial charge on any atom is 0.203 e. The fourth-order valence-electron chi connectivity index (χ4n) is 2.94. The van der Waals surface area contributed by atoms with Crippen molar-refractivity contribution in [1.29, 1.82) is 0 Å². The summed E-state index contributed by atoms with van der Waals surface area (Å²) >= 11 is 0. The number of pyridine rings is 1. The molecule has 0 fully saturated rings. The maximum atomic E-state index is 5.81. The number of methoxy groups -OCH3 is 3. The minimum absolute atomic E-state index is 0.529. The van der Waals surface area contributed by atoms with Crippen LogP contribution in [0.2, 0.25) is 0 Å². The molecule has 0 aliphatic carbocycles. The van der Waals surface area contributed by atoms with Gasteiger partial charge in [-0.2, -0.15) is 0 Å². The molecule has 0 saturated carbocycles. The van der Waals surface area contributed by atoms with Gasteiger partial charge in [-0.15, -0.1) is 0 Å². The van der Waals surface area contributed by atoms with Crippen LogP contribution < -0.4 is 24.3 Å². The Kier molecular flexibility index (Phi) is 7.30. The molecule has 1 heterocycles. The van der Waals surface area contributed by atoms with Crippen molar-refractivity contribution in [3.8, 4) is 23.0 Å². The van der Waals surface area contributed by atoms with Crippen molar-refractivity contribution in [3.63, 3.8) is 0 Å². The first-order chi connectivity index (χ1) is 14.2. The SMILES string of the molecule is COc1cc(CNCc2ccc(OCc3ccncc3)cc2)cc(OC)c1OC. The van der Waals surface area contributed by atoms with Gasteiger partial charge in [0.15, 0.2) is 11.5 Å². The molecule has 29 heavy (non-hydrogen) atoms. The van der Waals surface area contributed by atoms with Gasteiger partial charge in [-0.05, 0) is 53.1 Å². The largest absolute Gasteiger partial charge is 0.493 e. The Bertz CT molecular complexity index is 874. The topological polar surface area (TPSA) is 61.8 Å². The van der Waals surface area contributed by atoms with E-state index in [0.29, 0.717) is 30.4 Å². The van der Waals surface area contributed by atoms with E-state index >= 15 is 0 Å². The highest BCUT2D eigenvalue weighted by Crippen LogP contribution is 2.38. The second kappa shape index (κ2) is 10.3. The standard InChI is InChI=1S/C23H26N2O4/c1-26-21-12-19(13-22(27-2)23(21)28-3)15-25-14-17-4-6-20(7-5-17)29-16-18-8-10-24-11-9-18/h4-13,25H,14-16H2,1-3H3. The Balaban J connectivity index is 1.53. The Hall–Kier alpha value is -3.25. The molecule has 1 N–H and O–H groups in total. The van der Waals surface area contributed by atoms with Crippen molar-refractivity contribution in [2.75, 3.05) is 21.3 Å². The smallest absolute Gasteiger partial charge is 0.203 e. The van der Waals surface area contributed by atoms with Crippen LogP contribution >= 0.6 is 0 Å². The fourth-order valence-corrected chi connectivity index (χ4v) is 2.94. The molecule has 0 atom stereocenters. The molecule has 3 rings (SSSR count). The van der Waals surface area contributed by atoms with Gasteiger partial charge in [0.25, 0.3) is 0 Å². The molecule has 6 heteroatoms. The average molecular weight is 394 g/mol. The lowest BCUT2D eigenvalue weighted by Gasteiger charge is -2.14. The van der Waals surface area contributed by atoms with Crippen LogP contribution in [0.3, 0.4) is 0 Å². The number of aromatic nitrogens is 1. The minimum atomic E-state index is 0.529. The molecule has 0 bridgehead atoms. The predicted octanol–water partition coefficient (Wildman–Crippen LogP) is 3.98. The molecule has 0 unspecified atom stereocenters. The lowest BCUT2D eigenvalue weighted by molar-refractivity contribution is 0.306. The Labute approximate surface area is 171 Å². The summed E-state index contributed by atoms with van der Waals surface area (Å²) in [6, 6.07) is 15.9. The number of hydrogen-bond acceptors (Lipinski definition) is 6. The Morgan fingerprint density at radius 1 is 0.724 bits per heavy atom. The first-order valence-electron chi connectivity index (χ1n) is 9.33. The fraction of sp³-hybridized carbons (Fsp3) is 0.261. The molecule has 152 valence electrons. The van der Waals surface area contributed by atoms with E-state index in [1.165, 1.54) is 5.56 Å². The summed E-state index contributed by atoms with van der Waals surface area (Å²) in [7, 11) is 4.84. The lowest BCUT2D eigenvalue weighted by atomic mass is 10.1. The van der Waals surface area contributed by atoms with Gasteiger partial charge < -0.3 is 24.3 Å². The van der Waals surface area contributed by atoms with E-state index in [9.17, 15) is 0 Å². The van der Waals surface area contributed by atoms with Gasteiger partial charge in [-0.3, -0.25) is 4.98 Å². The molecule has 0 aliphatic rings. The highest BCUT2D eigenvalue weighted by Gasteiger charge is 2.12. The molecule has 1 aromatic heterocycles. The lowest BCUT2D eigenvalue weighted by Crippen LogP contribution is -2.13. The van der Waals surface area contributed by atoms with Crippen molar-refractivity contribution in [2.45, 2.75) is 19.7 Å². The van der Waals surface area contributed by atoms with Gasteiger partial charge in [0.2, 0.25) is 5.75 Å². The summed E-state index contributed by atoms with van der Waals surface area (Å²) in [5, 5.41) is 3.44. The molecule has 0 saturated heterocycles. The second-order valence-electron chi connectivity index (χ2n) is 6.43. The summed E-state index contributed by atoms with van der Waals surface area (Å²) < 4.78 is 22.0. The summed E-state index contributed by atoms with van der Waals surface area (Å²) in [6.45, 7) is 1.94. The highest BCUT2D eigenvalue weighted by atomic mass is 16.5. The Morgan fingerprint density at radius 3 is 1.93 bits per heavy atom. The molecule has 2 aromatic carbocycles. The number of benzene rings is 2. The zero-order valence-electron chi connectivity index (χ0n) is 17.0. The highest BCUT2D eigenvalue weighted by molar-refractivity contribution is 5.53. The van der Waals surface area contributed by atoms with Gasteiger partial charge in [-0.1, -0.05) is 12.1 Å². The summed E-state index contributed by atoms with van der Waals surface area (Å²) in [5.41, 5.74) is 3.32. The molecule has 0 radical (unpaired) electrons. The molecular weight excluding hydrogens is 368 g/mol. The van der Waals surface area contributed by atoms with Crippen LogP contribution in [0.15, 0.2) is 60.9 Å². The van der Waals surface area contributed by atoms with Crippen LogP contribution in [-0.4, -0.2) is 26.3 Å². The maximum absolute atomic E-state index is 5.81. The Morgan fingerprint density at radius 2 is 1.34 bits per heavy atom. The van der Waals surface area contributed by atoms with E-state index in [-0.39, 0.29) is 0 Å². The monoisotopic (exact) mass is 394 g/mol. The number of hydrogen-bond donors (Lipinski definition) is 1. The zero-order chi connectivity index (χ0) is 20.5. The average Bonchev–Trinajstić information content (AvgIpc) is 2.78. The molecule has 0 spiro atoms. The van der Waals surface area contributed by atoms with Gasteiger partial charge in [-0.25, -0.2) is 0 Å². The molecular formula is C23H26N2O4. The quantitative estimate of drug-likeness (QED) is 0.561. The van der Waals surface area contributed by atoms with Gasteiger partial charge in [0, 0.05) is 25.5 Å². The molecule has 3 aromatic rings. The number of nitrogens with zero attached hydrogens (tertiary/aromatic N) is 1. The van der Waals surface area contributed by atoms with Crippen LogP contribution in [0.1, 0.15) is 16.7 Å². The summed E-state index contributed by atoms with van der Waals surface area (Å²) in [4.78, 5) is 4.01. The number of nitrogens with one attached hydrogen (secondary N) is 1. The van der Waals surface area contributed by atoms with Crippen molar-refractivity contribution >= 4 is 0 Å². The van der Waals surface area contributed by atoms with Gasteiger partial charge in [0.05, 0.1) is 21.3 Å². The predicted molar refractivity (Wildman–Crippen MR) is 112 cm³/mol.